The molecule has 214 valence electrons. The molecule has 0 aromatic heterocycles. The molecule has 0 fully saturated rings. The SMILES string of the molecule is CCOC(=O)c1ccc(COc2c(Br)cc(/C=C3\C(=O)N(c4c(F)c(F)c(F)c(F)c4F)N=C3C)cc2OC)cc1. The van der Waals surface area contributed by atoms with Crippen molar-refractivity contribution in [2.75, 3.05) is 18.7 Å². The number of amides is 1. The lowest BCUT2D eigenvalue weighted by Crippen LogP contribution is -2.25. The number of halogens is 6. The van der Waals surface area contributed by atoms with Crippen molar-refractivity contribution in [1.29, 1.82) is 0 Å². The first kappa shape index (κ1) is 29.7. The van der Waals surface area contributed by atoms with Gasteiger partial charge in [-0.3, -0.25) is 4.79 Å². The molecular weight excluding hydrogens is 619 g/mol. The Morgan fingerprint density at radius 1 is 1.00 bits per heavy atom. The molecular formula is C28H20BrF5N2O5. The van der Waals surface area contributed by atoms with Gasteiger partial charge in [-0.2, -0.15) is 10.1 Å². The molecule has 0 saturated carbocycles. The number of anilines is 1. The second-order valence-corrected chi connectivity index (χ2v) is 9.37. The van der Waals surface area contributed by atoms with Gasteiger partial charge in [0.25, 0.3) is 5.91 Å². The third-order valence-corrected chi connectivity index (χ3v) is 6.46. The standard InChI is InChI=1S/C28H20BrF5N2O5/c1-4-40-28(38)16-7-5-14(6-8-16)12-41-26-18(29)10-15(11-19(26)39-3)9-17-13(2)35-36(27(17)37)25-23(33)21(31)20(30)22(32)24(25)34/h5-11H,4,12H2,1-3H3/b17-9-. The van der Waals surface area contributed by atoms with E-state index in [1.54, 1.807) is 37.3 Å². The number of hydrogen-bond donors (Lipinski definition) is 0. The molecule has 0 spiro atoms. The zero-order chi connectivity index (χ0) is 30.0. The second-order valence-electron chi connectivity index (χ2n) is 8.52. The third kappa shape index (κ3) is 5.80. The lowest BCUT2D eigenvalue weighted by molar-refractivity contribution is -0.114. The van der Waals surface area contributed by atoms with Crippen LogP contribution < -0.4 is 14.5 Å². The van der Waals surface area contributed by atoms with E-state index in [1.165, 1.54) is 26.2 Å². The maximum absolute atomic E-state index is 14.3. The second kappa shape index (κ2) is 12.1. The number of esters is 1. The van der Waals surface area contributed by atoms with Crippen LogP contribution in [0, 0.1) is 29.1 Å². The van der Waals surface area contributed by atoms with Crippen molar-refractivity contribution in [2.45, 2.75) is 20.5 Å². The summed E-state index contributed by atoms with van der Waals surface area (Å²) in [5.74, 6) is -12.1. The minimum absolute atomic E-state index is 0.0272. The van der Waals surface area contributed by atoms with Crippen LogP contribution in [0.25, 0.3) is 6.08 Å². The van der Waals surface area contributed by atoms with Crippen LogP contribution in [0.5, 0.6) is 11.5 Å². The number of rotatable bonds is 8. The molecule has 0 bridgehead atoms. The largest absolute Gasteiger partial charge is 0.493 e. The van der Waals surface area contributed by atoms with Gasteiger partial charge in [0.05, 0.1) is 35.0 Å². The van der Waals surface area contributed by atoms with Gasteiger partial charge in [-0.05, 0) is 71.2 Å². The number of carbonyl (C=O) groups is 2. The predicted octanol–water partition coefficient (Wildman–Crippen LogP) is 6.72. The van der Waals surface area contributed by atoms with Crippen LogP contribution >= 0.6 is 15.9 Å². The van der Waals surface area contributed by atoms with Crippen molar-refractivity contribution in [3.05, 3.63) is 92.2 Å². The molecule has 1 heterocycles. The topological polar surface area (TPSA) is 77.4 Å². The number of ether oxygens (including phenoxy) is 3. The Balaban J connectivity index is 1.58. The van der Waals surface area contributed by atoms with Crippen molar-refractivity contribution >= 4 is 45.3 Å². The Kier molecular flexibility index (Phi) is 8.76. The fourth-order valence-corrected chi connectivity index (χ4v) is 4.43. The number of hydrogen-bond acceptors (Lipinski definition) is 6. The maximum atomic E-state index is 14.3. The van der Waals surface area contributed by atoms with E-state index in [9.17, 15) is 31.5 Å². The van der Waals surface area contributed by atoms with Crippen LogP contribution in [0.1, 0.15) is 35.3 Å². The number of methoxy groups -OCH3 is 1. The maximum Gasteiger partial charge on any atom is 0.338 e. The molecule has 0 aliphatic carbocycles. The van der Waals surface area contributed by atoms with Crippen molar-refractivity contribution in [3.8, 4) is 11.5 Å². The van der Waals surface area contributed by atoms with Crippen LogP contribution in [0.2, 0.25) is 0 Å². The normalized spacial score (nSPS) is 14.0. The molecule has 0 radical (unpaired) electrons. The molecule has 1 aliphatic rings. The molecule has 0 atom stereocenters. The molecule has 0 N–H and O–H groups in total. The highest BCUT2D eigenvalue weighted by molar-refractivity contribution is 9.10. The van der Waals surface area contributed by atoms with E-state index in [0.29, 0.717) is 21.3 Å². The summed E-state index contributed by atoms with van der Waals surface area (Å²) in [6.07, 6.45) is 1.32. The Bertz CT molecular complexity index is 1580. The van der Waals surface area contributed by atoms with E-state index in [2.05, 4.69) is 21.0 Å². The summed E-state index contributed by atoms with van der Waals surface area (Å²) in [5.41, 5.74) is -0.150. The van der Waals surface area contributed by atoms with Gasteiger partial charge in [-0.25, -0.2) is 26.7 Å². The molecule has 41 heavy (non-hydrogen) atoms. The van der Waals surface area contributed by atoms with Gasteiger partial charge in [0, 0.05) is 0 Å². The van der Waals surface area contributed by atoms with Crippen molar-refractivity contribution < 1.29 is 45.8 Å². The van der Waals surface area contributed by atoms with Crippen molar-refractivity contribution in [1.82, 2.24) is 0 Å². The van der Waals surface area contributed by atoms with Gasteiger partial charge in [0.15, 0.2) is 34.8 Å². The monoisotopic (exact) mass is 638 g/mol. The van der Waals surface area contributed by atoms with E-state index in [4.69, 9.17) is 14.2 Å². The smallest absolute Gasteiger partial charge is 0.338 e. The van der Waals surface area contributed by atoms with E-state index in [1.807, 2.05) is 0 Å². The molecule has 1 amide bonds. The zero-order valence-electron chi connectivity index (χ0n) is 21.7. The first-order chi connectivity index (χ1) is 19.5. The average molecular weight is 639 g/mol. The van der Waals surface area contributed by atoms with Gasteiger partial charge in [0.2, 0.25) is 5.82 Å². The fourth-order valence-electron chi connectivity index (χ4n) is 3.85. The van der Waals surface area contributed by atoms with Crippen LogP contribution in [0.4, 0.5) is 27.6 Å². The molecule has 1 aliphatic heterocycles. The molecule has 3 aromatic rings. The van der Waals surface area contributed by atoms with Gasteiger partial charge in [0.1, 0.15) is 12.3 Å². The number of hydrazone groups is 1. The lowest BCUT2D eigenvalue weighted by atomic mass is 10.1. The first-order valence-electron chi connectivity index (χ1n) is 11.9. The summed E-state index contributed by atoms with van der Waals surface area (Å²) < 4.78 is 86.3. The summed E-state index contributed by atoms with van der Waals surface area (Å²) in [6, 6.07) is 9.70. The molecule has 4 rings (SSSR count). The molecule has 13 heteroatoms. The predicted molar refractivity (Wildman–Crippen MR) is 142 cm³/mol. The van der Waals surface area contributed by atoms with Gasteiger partial charge < -0.3 is 14.2 Å². The fraction of sp³-hybridized carbons (Fsp3) is 0.179. The summed E-state index contributed by atoms with van der Waals surface area (Å²) in [4.78, 5) is 24.8. The van der Waals surface area contributed by atoms with E-state index >= 15 is 0 Å². The average Bonchev–Trinajstić information content (AvgIpc) is 3.22. The van der Waals surface area contributed by atoms with Gasteiger partial charge >= 0.3 is 5.97 Å². The van der Waals surface area contributed by atoms with Crippen LogP contribution in [-0.4, -0.2) is 31.3 Å². The van der Waals surface area contributed by atoms with Gasteiger partial charge in [-0.15, -0.1) is 0 Å². The number of nitrogens with zero attached hydrogens (tertiary/aromatic N) is 2. The third-order valence-electron chi connectivity index (χ3n) is 5.87. The Morgan fingerprint density at radius 2 is 1.61 bits per heavy atom. The van der Waals surface area contributed by atoms with Crippen LogP contribution in [-0.2, 0) is 16.1 Å². The van der Waals surface area contributed by atoms with Gasteiger partial charge in [-0.1, -0.05) is 12.1 Å². The summed E-state index contributed by atoms with van der Waals surface area (Å²) >= 11 is 3.39. The van der Waals surface area contributed by atoms with E-state index < -0.39 is 46.6 Å². The van der Waals surface area contributed by atoms with E-state index in [-0.39, 0.29) is 35.3 Å². The minimum Gasteiger partial charge on any atom is -0.493 e. The number of benzene rings is 3. The first-order valence-corrected chi connectivity index (χ1v) is 12.7. The van der Waals surface area contributed by atoms with Crippen molar-refractivity contribution in [3.63, 3.8) is 0 Å². The Hall–Kier alpha value is -4.26. The summed E-state index contributed by atoms with van der Waals surface area (Å²) in [7, 11) is 1.39. The zero-order valence-corrected chi connectivity index (χ0v) is 23.2. The summed E-state index contributed by atoms with van der Waals surface area (Å²) in [5, 5.41) is 3.86. The quantitative estimate of drug-likeness (QED) is 0.0901. The highest BCUT2D eigenvalue weighted by Gasteiger charge is 2.37. The van der Waals surface area contributed by atoms with Crippen molar-refractivity contribution in [2.24, 2.45) is 5.10 Å². The summed E-state index contributed by atoms with van der Waals surface area (Å²) in [6.45, 7) is 3.42. The lowest BCUT2D eigenvalue weighted by Gasteiger charge is -2.15. The molecule has 0 saturated heterocycles. The number of carbonyl (C=O) groups excluding carboxylic acids is 2. The Morgan fingerprint density at radius 3 is 2.20 bits per heavy atom. The molecule has 7 nitrogen and oxygen atoms in total. The van der Waals surface area contributed by atoms with Crippen LogP contribution in [0.3, 0.4) is 0 Å². The van der Waals surface area contributed by atoms with E-state index in [0.717, 1.165) is 5.56 Å². The minimum atomic E-state index is -2.35. The Labute approximate surface area is 238 Å². The highest BCUT2D eigenvalue weighted by Crippen LogP contribution is 2.39. The molecule has 0 unspecified atom stereocenters. The molecule has 3 aromatic carbocycles. The van der Waals surface area contributed by atoms with Crippen LogP contribution in [0.15, 0.2) is 51.5 Å². The highest BCUT2D eigenvalue weighted by atomic mass is 79.9.